The van der Waals surface area contributed by atoms with E-state index in [0.29, 0.717) is 25.4 Å². The summed E-state index contributed by atoms with van der Waals surface area (Å²) in [6, 6.07) is 7.56. The van der Waals surface area contributed by atoms with Gasteiger partial charge in [-0.2, -0.15) is 0 Å². The molecule has 1 aromatic rings. The van der Waals surface area contributed by atoms with Gasteiger partial charge in [-0.1, -0.05) is 18.2 Å². The summed E-state index contributed by atoms with van der Waals surface area (Å²) in [7, 11) is 0. The first-order chi connectivity index (χ1) is 8.67. The summed E-state index contributed by atoms with van der Waals surface area (Å²) >= 11 is 0. The molecular weight excluding hydrogens is 234 g/mol. The summed E-state index contributed by atoms with van der Waals surface area (Å²) in [6.07, 6.45) is 0. The Bertz CT molecular complexity index is 340. The third-order valence-electron chi connectivity index (χ3n) is 2.91. The topological polar surface area (TPSA) is 69.9 Å². The molecule has 0 amide bonds. The molecule has 5 heteroatoms. The highest BCUT2D eigenvalue weighted by atomic mass is 16.7. The van der Waals surface area contributed by atoms with Crippen LogP contribution in [-0.2, 0) is 0 Å². The number of para-hydroxylation sites is 1. The molecule has 0 radical (unpaired) electrons. The van der Waals surface area contributed by atoms with Gasteiger partial charge in [-0.3, -0.25) is 0 Å². The molecular formula is C13H22NO4+. The molecule has 0 heterocycles. The predicted molar refractivity (Wildman–Crippen MR) is 67.9 cm³/mol. The second-order valence-electron chi connectivity index (χ2n) is 4.26. The maximum Gasteiger partial charge on any atom is 0.193 e. The van der Waals surface area contributed by atoms with Gasteiger partial charge in [-0.25, -0.2) is 0 Å². The Balaban J connectivity index is 2.91. The van der Waals surface area contributed by atoms with Crippen molar-refractivity contribution in [3.63, 3.8) is 0 Å². The highest BCUT2D eigenvalue weighted by Crippen LogP contribution is 2.21. The first kappa shape index (κ1) is 14.9. The summed E-state index contributed by atoms with van der Waals surface area (Å²) in [5.41, 5.74) is 0.980. The number of aryl methyl sites for hydroxylation is 1. The number of quaternary nitrogens is 1. The van der Waals surface area contributed by atoms with Crippen LogP contribution in [0.5, 0.6) is 5.75 Å². The van der Waals surface area contributed by atoms with Crippen molar-refractivity contribution in [1.82, 2.24) is 0 Å². The zero-order valence-electron chi connectivity index (χ0n) is 10.7. The molecule has 102 valence electrons. The number of hydrogen-bond acceptors (Lipinski definition) is 4. The van der Waals surface area contributed by atoms with Crippen molar-refractivity contribution >= 4 is 0 Å². The molecule has 1 aromatic carbocycles. The first-order valence-electron chi connectivity index (χ1n) is 6.11. The second-order valence-corrected chi connectivity index (χ2v) is 4.26. The summed E-state index contributed by atoms with van der Waals surface area (Å²) in [4.78, 5) is 5.91. The molecule has 0 saturated heterocycles. The number of rotatable bonds is 8. The molecule has 3 N–H and O–H groups in total. The molecule has 0 saturated carbocycles. The smallest absolute Gasteiger partial charge is 0.193 e. The van der Waals surface area contributed by atoms with Crippen LogP contribution in [0.15, 0.2) is 24.3 Å². The van der Waals surface area contributed by atoms with E-state index < -0.39 is 0 Å². The van der Waals surface area contributed by atoms with E-state index in [9.17, 15) is 0 Å². The maximum absolute atomic E-state index is 9.14. The molecule has 0 bridgehead atoms. The highest BCUT2D eigenvalue weighted by molar-refractivity contribution is 5.31. The second kappa shape index (κ2) is 7.33. The van der Waals surface area contributed by atoms with Crippen LogP contribution in [0.2, 0.25) is 0 Å². The van der Waals surface area contributed by atoms with E-state index in [4.69, 9.17) is 20.2 Å². The summed E-state index contributed by atoms with van der Waals surface area (Å²) < 4.78 is 0.0222. The molecule has 5 nitrogen and oxygen atoms in total. The third kappa shape index (κ3) is 3.96. The van der Waals surface area contributed by atoms with Gasteiger partial charge in [-0.15, -0.1) is 4.65 Å². The minimum atomic E-state index is -0.0636. The van der Waals surface area contributed by atoms with Gasteiger partial charge in [-0.05, 0) is 18.6 Å². The summed E-state index contributed by atoms with van der Waals surface area (Å²) in [6.45, 7) is 2.73. The van der Waals surface area contributed by atoms with Crippen LogP contribution in [0, 0.1) is 6.92 Å². The van der Waals surface area contributed by atoms with E-state index >= 15 is 0 Å². The SMILES string of the molecule is Cc1ccccc1O[N+](CCO)(CCO)CCO. The van der Waals surface area contributed by atoms with Gasteiger partial charge >= 0.3 is 0 Å². The molecule has 0 aliphatic heterocycles. The van der Waals surface area contributed by atoms with Crippen LogP contribution in [0.1, 0.15) is 5.56 Å². The van der Waals surface area contributed by atoms with E-state index in [-0.39, 0.29) is 24.5 Å². The van der Waals surface area contributed by atoms with Gasteiger partial charge in [0.15, 0.2) is 5.75 Å². The van der Waals surface area contributed by atoms with Crippen LogP contribution in [-0.4, -0.2) is 59.4 Å². The van der Waals surface area contributed by atoms with E-state index in [1.807, 2.05) is 31.2 Å². The highest BCUT2D eigenvalue weighted by Gasteiger charge is 2.30. The van der Waals surface area contributed by atoms with Crippen LogP contribution in [0.4, 0.5) is 0 Å². The van der Waals surface area contributed by atoms with E-state index in [2.05, 4.69) is 0 Å². The number of aliphatic hydroxyl groups is 3. The van der Waals surface area contributed by atoms with Crippen molar-refractivity contribution in [2.24, 2.45) is 0 Å². The molecule has 0 atom stereocenters. The first-order valence-corrected chi connectivity index (χ1v) is 6.11. The number of aliphatic hydroxyl groups excluding tert-OH is 3. The Morgan fingerprint density at radius 1 is 0.944 bits per heavy atom. The number of hydrogen-bond donors (Lipinski definition) is 3. The van der Waals surface area contributed by atoms with Crippen molar-refractivity contribution in [3.05, 3.63) is 29.8 Å². The molecule has 0 aliphatic rings. The summed E-state index contributed by atoms with van der Waals surface area (Å²) in [5.74, 6) is 0.702. The fourth-order valence-corrected chi connectivity index (χ4v) is 1.89. The molecule has 1 rings (SSSR count). The maximum atomic E-state index is 9.14. The quantitative estimate of drug-likeness (QED) is 0.455. The van der Waals surface area contributed by atoms with Crippen LogP contribution in [0.3, 0.4) is 0 Å². The molecule has 0 aromatic heterocycles. The lowest BCUT2D eigenvalue weighted by molar-refractivity contribution is -1.08. The monoisotopic (exact) mass is 256 g/mol. The Labute approximate surface area is 107 Å². The van der Waals surface area contributed by atoms with Crippen molar-refractivity contribution in [2.45, 2.75) is 6.92 Å². The lowest BCUT2D eigenvalue weighted by Crippen LogP contribution is -2.55. The zero-order valence-corrected chi connectivity index (χ0v) is 10.7. The minimum Gasteiger partial charge on any atom is -0.390 e. The lowest BCUT2D eigenvalue weighted by atomic mass is 10.2. The van der Waals surface area contributed by atoms with E-state index in [0.717, 1.165) is 5.56 Å². The van der Waals surface area contributed by atoms with Crippen molar-refractivity contribution in [3.8, 4) is 5.75 Å². The van der Waals surface area contributed by atoms with Crippen molar-refractivity contribution < 1.29 is 24.8 Å². The van der Waals surface area contributed by atoms with E-state index in [1.54, 1.807) is 0 Å². The van der Waals surface area contributed by atoms with Gasteiger partial charge in [0.2, 0.25) is 0 Å². The van der Waals surface area contributed by atoms with Crippen LogP contribution < -0.4 is 4.84 Å². The van der Waals surface area contributed by atoms with Gasteiger partial charge in [0.25, 0.3) is 0 Å². The fourth-order valence-electron chi connectivity index (χ4n) is 1.89. The number of hydroxylamine groups is 3. The van der Waals surface area contributed by atoms with Crippen molar-refractivity contribution in [1.29, 1.82) is 0 Å². The Hall–Kier alpha value is -1.14. The third-order valence-corrected chi connectivity index (χ3v) is 2.91. The predicted octanol–water partition coefficient (Wildman–Crippen LogP) is 0.0825. The number of benzene rings is 1. The zero-order chi connectivity index (χ0) is 13.4. The Morgan fingerprint density at radius 2 is 1.44 bits per heavy atom. The Morgan fingerprint density at radius 3 is 1.89 bits per heavy atom. The fraction of sp³-hybridized carbons (Fsp3) is 0.538. The molecule has 0 fully saturated rings. The number of nitrogens with zero attached hydrogens (tertiary/aromatic N) is 1. The molecule has 18 heavy (non-hydrogen) atoms. The summed E-state index contributed by atoms with van der Waals surface area (Å²) in [5, 5.41) is 27.4. The lowest BCUT2D eigenvalue weighted by Gasteiger charge is -2.34. The van der Waals surface area contributed by atoms with Crippen LogP contribution in [0.25, 0.3) is 0 Å². The van der Waals surface area contributed by atoms with Gasteiger partial charge in [0.05, 0.1) is 19.8 Å². The average molecular weight is 256 g/mol. The van der Waals surface area contributed by atoms with Crippen molar-refractivity contribution in [2.75, 3.05) is 39.5 Å². The van der Waals surface area contributed by atoms with Gasteiger partial charge < -0.3 is 20.2 Å². The Kier molecular flexibility index (Phi) is 6.07. The molecule has 0 aliphatic carbocycles. The van der Waals surface area contributed by atoms with E-state index in [1.165, 1.54) is 0 Å². The minimum absolute atomic E-state index is 0.0222. The normalized spacial score (nSPS) is 11.6. The standard InChI is InChI=1S/C13H22NO4/c1-12-4-2-3-5-13(12)18-14(6-9-15,7-10-16)8-11-17/h2-5,15-17H,6-11H2,1H3/q+1. The van der Waals surface area contributed by atoms with Crippen LogP contribution >= 0.6 is 0 Å². The average Bonchev–Trinajstić information content (AvgIpc) is 2.33. The molecule has 0 unspecified atom stereocenters. The van der Waals surface area contributed by atoms with Gasteiger partial charge in [0, 0.05) is 0 Å². The molecule has 0 spiro atoms. The largest absolute Gasteiger partial charge is 0.390 e. The van der Waals surface area contributed by atoms with Gasteiger partial charge in [0.1, 0.15) is 19.6 Å².